The third-order valence-corrected chi connectivity index (χ3v) is 1.67. The summed E-state index contributed by atoms with van der Waals surface area (Å²) in [6, 6.07) is 1.86. The highest BCUT2D eigenvalue weighted by molar-refractivity contribution is 5.79. The van der Waals surface area contributed by atoms with Crippen LogP contribution in [0.4, 0.5) is 10.7 Å². The predicted molar refractivity (Wildman–Crippen MR) is 54.9 cm³/mol. The number of nitrogens with two attached hydrogens (primary N) is 1. The van der Waals surface area contributed by atoms with E-state index in [0.29, 0.717) is 6.54 Å². The monoisotopic (exact) mass is 226 g/mol. The minimum atomic E-state index is -0.709. The maximum atomic E-state index is 10.8. The lowest BCUT2D eigenvalue weighted by Gasteiger charge is -2.09. The summed E-state index contributed by atoms with van der Waals surface area (Å²) in [5.41, 5.74) is 5.00. The first kappa shape index (κ1) is 11.7. The molecule has 0 aromatic carbocycles. The van der Waals surface area contributed by atoms with Crippen LogP contribution in [-0.2, 0) is 0 Å². The van der Waals surface area contributed by atoms with Crippen molar-refractivity contribution in [1.29, 1.82) is 0 Å². The van der Waals surface area contributed by atoms with Gasteiger partial charge in [0.25, 0.3) is 0 Å². The van der Waals surface area contributed by atoms with E-state index in [1.165, 1.54) is 18.3 Å². The van der Waals surface area contributed by atoms with E-state index in [9.17, 15) is 14.9 Å². The third kappa shape index (κ3) is 2.80. The Kier molecular flexibility index (Phi) is 3.59. The molecule has 0 saturated heterocycles. The van der Waals surface area contributed by atoms with Crippen LogP contribution in [0.1, 0.15) is 12.7 Å². The number of hydrogen-bond acceptors (Lipinski definition) is 5. The van der Waals surface area contributed by atoms with Gasteiger partial charge in [-0.25, -0.2) is 9.80 Å². The van der Waals surface area contributed by atoms with Gasteiger partial charge in [0.15, 0.2) is 5.76 Å². The molecule has 2 amide bonds. The Morgan fingerprint density at radius 3 is 2.88 bits per heavy atom. The maximum Gasteiger partial charge on any atom is 0.433 e. The number of nitro groups is 1. The molecule has 86 valence electrons. The molecule has 0 aliphatic rings. The molecule has 1 aromatic rings. The van der Waals surface area contributed by atoms with Gasteiger partial charge in [0, 0.05) is 6.54 Å². The van der Waals surface area contributed by atoms with Gasteiger partial charge in [0.05, 0.1) is 12.3 Å². The molecule has 8 heteroatoms. The smallest absolute Gasteiger partial charge is 0.400 e. The molecular weight excluding hydrogens is 216 g/mol. The van der Waals surface area contributed by atoms with Crippen LogP contribution >= 0.6 is 0 Å². The molecule has 1 rings (SSSR count). The van der Waals surface area contributed by atoms with Crippen molar-refractivity contribution in [1.82, 2.24) is 5.01 Å². The van der Waals surface area contributed by atoms with E-state index in [4.69, 9.17) is 10.2 Å². The zero-order valence-electron chi connectivity index (χ0n) is 8.49. The fourth-order valence-corrected chi connectivity index (χ4v) is 0.931. The first-order valence-corrected chi connectivity index (χ1v) is 4.39. The number of carbonyl (C=O) groups is 1. The third-order valence-electron chi connectivity index (χ3n) is 1.67. The van der Waals surface area contributed by atoms with E-state index in [1.807, 2.05) is 0 Å². The number of urea groups is 1. The van der Waals surface area contributed by atoms with Crippen molar-refractivity contribution in [2.45, 2.75) is 6.92 Å². The van der Waals surface area contributed by atoms with Crippen LogP contribution in [0.5, 0.6) is 0 Å². The molecule has 0 saturated carbocycles. The summed E-state index contributed by atoms with van der Waals surface area (Å²) in [7, 11) is 0. The lowest BCUT2D eigenvalue weighted by molar-refractivity contribution is -0.402. The van der Waals surface area contributed by atoms with Gasteiger partial charge in [-0.1, -0.05) is 0 Å². The molecule has 0 atom stereocenters. The molecule has 0 fully saturated rings. The van der Waals surface area contributed by atoms with Gasteiger partial charge in [-0.3, -0.25) is 10.1 Å². The Hall–Kier alpha value is -2.38. The number of hydrazone groups is 1. The predicted octanol–water partition coefficient (Wildman–Crippen LogP) is 0.922. The van der Waals surface area contributed by atoms with Crippen molar-refractivity contribution >= 4 is 18.1 Å². The Balaban J connectivity index is 2.75. The molecule has 16 heavy (non-hydrogen) atoms. The topological polar surface area (TPSA) is 115 Å². The zero-order valence-corrected chi connectivity index (χ0v) is 8.49. The van der Waals surface area contributed by atoms with Crippen LogP contribution < -0.4 is 5.73 Å². The lowest BCUT2D eigenvalue weighted by atomic mass is 10.5. The van der Waals surface area contributed by atoms with E-state index in [1.54, 1.807) is 6.92 Å². The van der Waals surface area contributed by atoms with Crippen LogP contribution in [-0.4, -0.2) is 28.7 Å². The highest BCUT2D eigenvalue weighted by atomic mass is 16.6. The summed E-state index contributed by atoms with van der Waals surface area (Å²) in [6.07, 6.45) is 1.18. The average Bonchev–Trinajstić information content (AvgIpc) is 2.67. The minimum Gasteiger partial charge on any atom is -0.400 e. The second-order valence-corrected chi connectivity index (χ2v) is 2.73. The van der Waals surface area contributed by atoms with Crippen molar-refractivity contribution in [3.63, 3.8) is 0 Å². The van der Waals surface area contributed by atoms with Gasteiger partial charge in [0.2, 0.25) is 0 Å². The Morgan fingerprint density at radius 2 is 2.44 bits per heavy atom. The molecule has 0 bridgehead atoms. The zero-order chi connectivity index (χ0) is 12.1. The number of amides is 2. The van der Waals surface area contributed by atoms with Gasteiger partial charge in [-0.15, -0.1) is 0 Å². The molecule has 2 N–H and O–H groups in total. The maximum absolute atomic E-state index is 10.8. The van der Waals surface area contributed by atoms with Crippen molar-refractivity contribution in [3.05, 3.63) is 28.0 Å². The first-order chi connectivity index (χ1) is 7.54. The van der Waals surface area contributed by atoms with Gasteiger partial charge in [0.1, 0.15) is 4.92 Å². The van der Waals surface area contributed by atoms with Crippen molar-refractivity contribution < 1.29 is 14.1 Å². The standard InChI is InChI=1S/C8H10N4O4/c1-2-11(8(9)13)10-5-6-3-4-7(16-6)12(14)15/h3-5H,2H2,1H3,(H2,9,13)/b10-5+. The highest BCUT2D eigenvalue weighted by Gasteiger charge is 2.11. The van der Waals surface area contributed by atoms with Crippen LogP contribution in [0.15, 0.2) is 21.7 Å². The summed E-state index contributed by atoms with van der Waals surface area (Å²) < 4.78 is 4.79. The first-order valence-electron chi connectivity index (χ1n) is 4.39. The SMILES string of the molecule is CCN(/N=C/c1ccc([N+](=O)[O-])o1)C(N)=O. The highest BCUT2D eigenvalue weighted by Crippen LogP contribution is 2.13. The van der Waals surface area contributed by atoms with Gasteiger partial charge < -0.3 is 10.2 Å². The number of hydrogen-bond donors (Lipinski definition) is 1. The number of primary amides is 1. The molecule has 0 unspecified atom stereocenters. The Morgan fingerprint density at radius 1 is 1.75 bits per heavy atom. The molecule has 0 radical (unpaired) electrons. The largest absolute Gasteiger partial charge is 0.433 e. The van der Waals surface area contributed by atoms with E-state index in [-0.39, 0.29) is 11.6 Å². The van der Waals surface area contributed by atoms with Gasteiger partial charge >= 0.3 is 11.9 Å². The van der Waals surface area contributed by atoms with Crippen molar-refractivity contribution in [2.75, 3.05) is 6.54 Å². The minimum absolute atomic E-state index is 0.173. The number of carbonyl (C=O) groups excluding carboxylic acids is 1. The molecule has 8 nitrogen and oxygen atoms in total. The lowest BCUT2D eigenvalue weighted by Crippen LogP contribution is -2.31. The Labute approximate surface area is 90.5 Å². The normalized spacial score (nSPS) is 10.6. The van der Waals surface area contributed by atoms with E-state index < -0.39 is 11.0 Å². The average molecular weight is 226 g/mol. The number of rotatable bonds is 4. The van der Waals surface area contributed by atoms with Gasteiger partial charge in [-0.2, -0.15) is 5.10 Å². The summed E-state index contributed by atoms with van der Waals surface area (Å²) in [4.78, 5) is 20.4. The van der Waals surface area contributed by atoms with Crippen LogP contribution in [0.25, 0.3) is 0 Å². The Bertz CT molecular complexity index is 425. The molecular formula is C8H10N4O4. The summed E-state index contributed by atoms with van der Waals surface area (Å²) in [5, 5.41) is 15.0. The molecule has 0 spiro atoms. The van der Waals surface area contributed by atoms with E-state index >= 15 is 0 Å². The molecule has 0 aliphatic heterocycles. The molecule has 1 aromatic heterocycles. The summed E-state index contributed by atoms with van der Waals surface area (Å²) >= 11 is 0. The molecule has 0 aliphatic carbocycles. The van der Waals surface area contributed by atoms with Crippen LogP contribution in [0.2, 0.25) is 0 Å². The summed E-state index contributed by atoms with van der Waals surface area (Å²) in [5.74, 6) is -0.213. The fraction of sp³-hybridized carbons (Fsp3) is 0.250. The molecule has 1 heterocycles. The van der Waals surface area contributed by atoms with E-state index in [2.05, 4.69) is 5.10 Å². The second kappa shape index (κ2) is 4.91. The van der Waals surface area contributed by atoms with Crippen molar-refractivity contribution in [2.24, 2.45) is 10.8 Å². The van der Waals surface area contributed by atoms with Crippen molar-refractivity contribution in [3.8, 4) is 0 Å². The quantitative estimate of drug-likeness (QED) is 0.466. The van der Waals surface area contributed by atoms with Gasteiger partial charge in [-0.05, 0) is 13.0 Å². The summed E-state index contributed by atoms with van der Waals surface area (Å²) in [6.45, 7) is 1.99. The van der Waals surface area contributed by atoms with E-state index in [0.717, 1.165) is 5.01 Å². The van der Waals surface area contributed by atoms with Crippen LogP contribution in [0.3, 0.4) is 0 Å². The number of nitrogens with zero attached hydrogens (tertiary/aromatic N) is 3. The second-order valence-electron chi connectivity index (χ2n) is 2.73. The number of furan rings is 1. The fourth-order valence-electron chi connectivity index (χ4n) is 0.931. The van der Waals surface area contributed by atoms with Crippen LogP contribution in [0, 0.1) is 10.1 Å².